The molecule has 2 heterocycles. The van der Waals surface area contributed by atoms with Crippen LogP contribution in [0.4, 0.5) is 0 Å². The van der Waals surface area contributed by atoms with E-state index < -0.39 is 6.04 Å². The molecular weight excluding hydrogens is 338 g/mol. The van der Waals surface area contributed by atoms with Crippen molar-refractivity contribution in [1.82, 2.24) is 20.1 Å². The fourth-order valence-electron chi connectivity index (χ4n) is 3.18. The quantitative estimate of drug-likeness (QED) is 0.677. The van der Waals surface area contributed by atoms with Crippen molar-refractivity contribution in [2.24, 2.45) is 5.73 Å². The van der Waals surface area contributed by atoms with Crippen LogP contribution in [0, 0.1) is 0 Å². The molecule has 4 rings (SSSR count). The van der Waals surface area contributed by atoms with Crippen LogP contribution < -0.4 is 11.1 Å². The van der Waals surface area contributed by atoms with Crippen molar-refractivity contribution in [3.63, 3.8) is 0 Å². The van der Waals surface area contributed by atoms with Crippen LogP contribution in [0.15, 0.2) is 61.1 Å². The Balaban J connectivity index is 1.39. The lowest BCUT2D eigenvalue weighted by Crippen LogP contribution is -2.35. The van der Waals surface area contributed by atoms with Gasteiger partial charge in [-0.2, -0.15) is 5.10 Å². The molecule has 1 aromatic carbocycles. The van der Waals surface area contributed by atoms with Crippen LogP contribution in [0.5, 0.6) is 0 Å². The molecule has 0 spiro atoms. The Bertz CT molecular complexity index is 903. The highest BCUT2D eigenvalue weighted by Crippen LogP contribution is 2.43. The second-order valence-corrected chi connectivity index (χ2v) is 6.88. The van der Waals surface area contributed by atoms with Gasteiger partial charge in [0.25, 0.3) is 0 Å². The number of carbonyl (C=O) groups is 1. The van der Waals surface area contributed by atoms with Crippen molar-refractivity contribution in [1.29, 1.82) is 0 Å². The molecule has 0 saturated heterocycles. The number of hydrogen-bond acceptors (Lipinski definition) is 4. The minimum atomic E-state index is -0.654. The van der Waals surface area contributed by atoms with E-state index in [0.29, 0.717) is 19.0 Å². The first-order valence-corrected chi connectivity index (χ1v) is 9.28. The van der Waals surface area contributed by atoms with Gasteiger partial charge in [0, 0.05) is 36.6 Å². The van der Waals surface area contributed by atoms with E-state index in [9.17, 15) is 4.79 Å². The lowest BCUT2D eigenvalue weighted by atomic mass is 10.1. The summed E-state index contributed by atoms with van der Waals surface area (Å²) in [6.07, 6.45) is 8.05. The summed E-state index contributed by atoms with van der Waals surface area (Å²) in [5.41, 5.74) is 10.3. The van der Waals surface area contributed by atoms with E-state index in [2.05, 4.69) is 16.5 Å². The van der Waals surface area contributed by atoms with Crippen LogP contribution in [0.25, 0.3) is 11.1 Å². The Hall–Kier alpha value is -2.99. The zero-order valence-corrected chi connectivity index (χ0v) is 15.1. The van der Waals surface area contributed by atoms with Gasteiger partial charge in [0.2, 0.25) is 5.91 Å². The Morgan fingerprint density at radius 1 is 1.19 bits per heavy atom. The number of nitrogens with two attached hydrogens (primary N) is 1. The molecule has 2 aromatic heterocycles. The van der Waals surface area contributed by atoms with Crippen molar-refractivity contribution in [2.75, 3.05) is 6.54 Å². The smallest absolute Gasteiger partial charge is 0.241 e. The second kappa shape index (κ2) is 7.72. The zero-order chi connectivity index (χ0) is 18.6. The number of pyridine rings is 1. The molecule has 1 saturated carbocycles. The molecule has 0 unspecified atom stereocenters. The molecule has 3 aromatic rings. The molecule has 1 aliphatic carbocycles. The van der Waals surface area contributed by atoms with Crippen molar-refractivity contribution < 1.29 is 4.79 Å². The molecule has 6 nitrogen and oxygen atoms in total. The number of carbonyl (C=O) groups excluding carboxylic acids is 1. The van der Waals surface area contributed by atoms with Gasteiger partial charge in [-0.25, -0.2) is 0 Å². The maximum absolute atomic E-state index is 12.3. The first kappa shape index (κ1) is 17.4. The molecule has 1 amide bonds. The van der Waals surface area contributed by atoms with Gasteiger partial charge in [0.05, 0.1) is 12.2 Å². The molecule has 0 bridgehead atoms. The SMILES string of the molecule is N[C@@H](C(=O)NCCn1cc(-c2ccncc2)c(C2CC2)n1)c1ccccc1. The molecule has 1 fully saturated rings. The van der Waals surface area contributed by atoms with Gasteiger partial charge in [-0.15, -0.1) is 0 Å². The second-order valence-electron chi connectivity index (χ2n) is 6.88. The predicted molar refractivity (Wildman–Crippen MR) is 104 cm³/mol. The molecule has 0 aliphatic heterocycles. The molecule has 0 radical (unpaired) electrons. The summed E-state index contributed by atoms with van der Waals surface area (Å²) in [6.45, 7) is 1.10. The monoisotopic (exact) mass is 361 g/mol. The Labute approximate surface area is 158 Å². The summed E-state index contributed by atoms with van der Waals surface area (Å²) in [5, 5.41) is 7.67. The fourth-order valence-corrected chi connectivity index (χ4v) is 3.18. The number of nitrogens with one attached hydrogen (secondary N) is 1. The van der Waals surface area contributed by atoms with E-state index in [0.717, 1.165) is 22.4 Å². The van der Waals surface area contributed by atoms with E-state index in [4.69, 9.17) is 10.8 Å². The van der Waals surface area contributed by atoms with Crippen LogP contribution in [0.1, 0.15) is 36.1 Å². The molecule has 1 aliphatic rings. The summed E-state index contributed by atoms with van der Waals surface area (Å²) in [6, 6.07) is 12.8. The zero-order valence-electron chi connectivity index (χ0n) is 15.1. The Morgan fingerprint density at radius 3 is 2.63 bits per heavy atom. The van der Waals surface area contributed by atoms with Crippen molar-refractivity contribution in [3.8, 4) is 11.1 Å². The molecule has 27 heavy (non-hydrogen) atoms. The highest BCUT2D eigenvalue weighted by molar-refractivity contribution is 5.82. The number of benzene rings is 1. The average molecular weight is 361 g/mol. The molecule has 138 valence electrons. The highest BCUT2D eigenvalue weighted by atomic mass is 16.2. The lowest BCUT2D eigenvalue weighted by molar-refractivity contribution is -0.122. The molecule has 1 atom stereocenters. The Morgan fingerprint density at radius 2 is 1.93 bits per heavy atom. The minimum Gasteiger partial charge on any atom is -0.353 e. The Kier molecular flexibility index (Phi) is 4.98. The predicted octanol–water partition coefficient (Wildman–Crippen LogP) is 2.64. The number of hydrogen-bond donors (Lipinski definition) is 2. The van der Waals surface area contributed by atoms with Crippen molar-refractivity contribution >= 4 is 5.91 Å². The van der Waals surface area contributed by atoms with Crippen LogP contribution in [0.3, 0.4) is 0 Å². The maximum atomic E-state index is 12.3. The van der Waals surface area contributed by atoms with Gasteiger partial charge in [0.15, 0.2) is 0 Å². The minimum absolute atomic E-state index is 0.176. The topological polar surface area (TPSA) is 85.8 Å². The van der Waals surface area contributed by atoms with Gasteiger partial charge in [-0.1, -0.05) is 30.3 Å². The third-order valence-corrected chi connectivity index (χ3v) is 4.83. The molecule has 6 heteroatoms. The van der Waals surface area contributed by atoms with E-state index in [1.165, 1.54) is 12.8 Å². The number of aromatic nitrogens is 3. The van der Waals surface area contributed by atoms with E-state index in [-0.39, 0.29) is 5.91 Å². The maximum Gasteiger partial charge on any atom is 0.241 e. The summed E-state index contributed by atoms with van der Waals surface area (Å²) in [7, 11) is 0. The standard InChI is InChI=1S/C21H23N5O/c22-19(16-4-2-1-3-5-16)21(27)24-12-13-26-14-18(15-8-10-23-11-9-15)20(25-26)17-6-7-17/h1-5,8-11,14,17,19H,6-7,12-13,22H2,(H,24,27)/t19-/m1/s1. The number of rotatable bonds is 7. The van der Waals surface area contributed by atoms with Crippen LogP contribution in [-0.4, -0.2) is 27.2 Å². The highest BCUT2D eigenvalue weighted by Gasteiger charge is 2.29. The van der Waals surface area contributed by atoms with E-state index in [1.54, 1.807) is 12.4 Å². The van der Waals surface area contributed by atoms with Crippen molar-refractivity contribution in [2.45, 2.75) is 31.3 Å². The van der Waals surface area contributed by atoms with Gasteiger partial charge in [0.1, 0.15) is 6.04 Å². The largest absolute Gasteiger partial charge is 0.353 e. The van der Waals surface area contributed by atoms with Gasteiger partial charge >= 0.3 is 0 Å². The summed E-state index contributed by atoms with van der Waals surface area (Å²) >= 11 is 0. The molecule has 3 N–H and O–H groups in total. The van der Waals surface area contributed by atoms with Crippen LogP contribution in [0.2, 0.25) is 0 Å². The normalized spacial score (nSPS) is 14.7. The van der Waals surface area contributed by atoms with Gasteiger partial charge < -0.3 is 11.1 Å². The fraction of sp³-hybridized carbons (Fsp3) is 0.286. The van der Waals surface area contributed by atoms with Gasteiger partial charge in [-0.3, -0.25) is 14.5 Å². The summed E-state index contributed by atoms with van der Waals surface area (Å²) < 4.78 is 1.91. The lowest BCUT2D eigenvalue weighted by Gasteiger charge is -2.12. The third-order valence-electron chi connectivity index (χ3n) is 4.83. The third kappa shape index (κ3) is 4.06. The van der Waals surface area contributed by atoms with Crippen LogP contribution in [-0.2, 0) is 11.3 Å². The van der Waals surface area contributed by atoms with E-state index in [1.807, 2.05) is 47.1 Å². The van der Waals surface area contributed by atoms with Gasteiger partial charge in [-0.05, 0) is 36.1 Å². The van der Waals surface area contributed by atoms with Crippen LogP contribution >= 0.6 is 0 Å². The first-order chi connectivity index (χ1) is 13.2. The number of nitrogens with zero attached hydrogens (tertiary/aromatic N) is 3. The number of amides is 1. The summed E-state index contributed by atoms with van der Waals surface area (Å²) in [4.78, 5) is 16.4. The van der Waals surface area contributed by atoms with E-state index >= 15 is 0 Å². The average Bonchev–Trinajstić information content (AvgIpc) is 3.48. The van der Waals surface area contributed by atoms with Crippen molar-refractivity contribution in [3.05, 3.63) is 72.3 Å². The first-order valence-electron chi connectivity index (χ1n) is 9.28. The molecular formula is C21H23N5O. The summed E-state index contributed by atoms with van der Waals surface area (Å²) in [5.74, 6) is 0.376.